The number of fused-ring (bicyclic) bond motifs is 7. The average molecular weight is 772 g/mol. The van der Waals surface area contributed by atoms with Gasteiger partial charge in [-0.3, -0.25) is 0 Å². The molecule has 0 radical (unpaired) electrons. The Balaban J connectivity index is 1.05. The van der Waals surface area contributed by atoms with Crippen molar-refractivity contribution in [3.05, 3.63) is 198 Å². The molecule has 1 nitrogen and oxygen atoms in total. The van der Waals surface area contributed by atoms with Gasteiger partial charge in [-0.05, 0) is 158 Å². The molecule has 0 saturated heterocycles. The lowest BCUT2D eigenvalue weighted by atomic mass is 9.43. The molecule has 0 heterocycles. The van der Waals surface area contributed by atoms with Crippen LogP contribution in [0.3, 0.4) is 0 Å². The van der Waals surface area contributed by atoms with E-state index in [2.05, 4.69) is 195 Å². The Morgan fingerprint density at radius 3 is 1.77 bits per heavy atom. The minimum atomic E-state index is -0.139. The lowest BCUT2D eigenvalue weighted by molar-refractivity contribution is -0.0399. The maximum atomic E-state index is 2.66. The second kappa shape index (κ2) is 12.7. The molecule has 1 spiro atoms. The Morgan fingerprint density at radius 2 is 0.967 bits per heavy atom. The van der Waals surface area contributed by atoms with E-state index < -0.39 is 0 Å². The number of hydrogen-bond donors (Lipinski definition) is 0. The van der Waals surface area contributed by atoms with E-state index in [0.29, 0.717) is 11.8 Å². The van der Waals surface area contributed by atoms with Gasteiger partial charge in [-0.2, -0.15) is 0 Å². The third-order valence-corrected chi connectivity index (χ3v) is 16.0. The Labute approximate surface area is 354 Å². The molecule has 8 aromatic carbocycles. The van der Waals surface area contributed by atoms with Crippen LogP contribution >= 0.6 is 0 Å². The fourth-order valence-electron chi connectivity index (χ4n) is 14.0. The molecular formula is C59H49N. The monoisotopic (exact) mass is 771 g/mol. The largest absolute Gasteiger partial charge is 0.310 e. The van der Waals surface area contributed by atoms with Gasteiger partial charge in [0.05, 0.1) is 5.69 Å². The summed E-state index contributed by atoms with van der Waals surface area (Å²) in [5, 5.41) is 2.55. The summed E-state index contributed by atoms with van der Waals surface area (Å²) in [6, 6.07) is 67.2. The molecular weight excluding hydrogens is 723 g/mol. The summed E-state index contributed by atoms with van der Waals surface area (Å²) in [5.41, 5.74) is 20.3. The molecule has 1 heteroatoms. The van der Waals surface area contributed by atoms with Crippen molar-refractivity contribution < 1.29 is 0 Å². The van der Waals surface area contributed by atoms with E-state index in [4.69, 9.17) is 0 Å². The first-order chi connectivity index (χ1) is 29.5. The van der Waals surface area contributed by atoms with Crippen LogP contribution in [-0.4, -0.2) is 0 Å². The molecule has 6 aliphatic rings. The standard InChI is InChI=1S/C59H49N/c1-58(2)53-25-8-5-20-48(53)51-23-13-24-52(57(51)58)50-21-7-10-27-56(50)60(43-17-11-16-40(35-43)46-22-12-15-39-14-3-4-18-45(39)46)44-28-29-49-47-19-6-9-26-54(47)59(55(49)36-44)41-31-37-30-38(33-41)34-42(59)32-37/h3-29,35-38,41-42H,30-34H2,1-2H3. The van der Waals surface area contributed by atoms with E-state index in [9.17, 15) is 0 Å². The van der Waals surface area contributed by atoms with Crippen LogP contribution < -0.4 is 4.90 Å². The summed E-state index contributed by atoms with van der Waals surface area (Å²) in [4.78, 5) is 2.60. The number of benzene rings is 8. The van der Waals surface area contributed by atoms with E-state index >= 15 is 0 Å². The van der Waals surface area contributed by atoms with E-state index in [1.807, 2.05) is 0 Å². The van der Waals surface area contributed by atoms with Gasteiger partial charge in [-0.25, -0.2) is 0 Å². The van der Waals surface area contributed by atoms with Gasteiger partial charge in [-0.1, -0.05) is 159 Å². The summed E-state index contributed by atoms with van der Waals surface area (Å²) >= 11 is 0. The third kappa shape index (κ3) is 4.70. The summed E-state index contributed by atoms with van der Waals surface area (Å²) < 4.78 is 0. The summed E-state index contributed by atoms with van der Waals surface area (Å²) in [6.07, 6.45) is 6.97. The molecule has 6 aliphatic carbocycles. The molecule has 0 unspecified atom stereocenters. The smallest absolute Gasteiger partial charge is 0.0540 e. The molecule has 0 aromatic heterocycles. The van der Waals surface area contributed by atoms with Crippen LogP contribution in [-0.2, 0) is 10.8 Å². The van der Waals surface area contributed by atoms with Gasteiger partial charge < -0.3 is 4.90 Å². The van der Waals surface area contributed by atoms with Crippen LogP contribution in [0.25, 0.3) is 55.3 Å². The molecule has 60 heavy (non-hydrogen) atoms. The quantitative estimate of drug-likeness (QED) is 0.168. The molecule has 8 aromatic rings. The molecule has 0 aliphatic heterocycles. The van der Waals surface area contributed by atoms with Gasteiger partial charge in [0.25, 0.3) is 0 Å². The number of rotatable bonds is 5. The zero-order valence-corrected chi connectivity index (χ0v) is 34.5. The van der Waals surface area contributed by atoms with Crippen molar-refractivity contribution in [3.63, 3.8) is 0 Å². The number of para-hydroxylation sites is 1. The van der Waals surface area contributed by atoms with Crippen LogP contribution in [0, 0.1) is 23.7 Å². The maximum absolute atomic E-state index is 2.66. The van der Waals surface area contributed by atoms with E-state index in [-0.39, 0.29) is 10.8 Å². The van der Waals surface area contributed by atoms with E-state index in [1.54, 1.807) is 11.1 Å². The fraction of sp³-hybridized carbons (Fsp3) is 0.220. The van der Waals surface area contributed by atoms with Gasteiger partial charge in [-0.15, -0.1) is 0 Å². The molecule has 14 rings (SSSR count). The highest BCUT2D eigenvalue weighted by Crippen LogP contribution is 2.69. The predicted octanol–water partition coefficient (Wildman–Crippen LogP) is 15.7. The molecule has 4 saturated carbocycles. The van der Waals surface area contributed by atoms with E-state index in [1.165, 1.54) is 116 Å². The maximum Gasteiger partial charge on any atom is 0.0540 e. The molecule has 4 fully saturated rings. The zero-order chi connectivity index (χ0) is 39.7. The molecule has 0 atom stereocenters. The first kappa shape index (κ1) is 34.7. The Bertz CT molecular complexity index is 3020. The fourth-order valence-corrected chi connectivity index (χ4v) is 14.0. The van der Waals surface area contributed by atoms with E-state index in [0.717, 1.165) is 11.8 Å². The molecule has 0 amide bonds. The number of nitrogens with zero attached hydrogens (tertiary/aromatic N) is 1. The van der Waals surface area contributed by atoms with Gasteiger partial charge in [0.2, 0.25) is 0 Å². The van der Waals surface area contributed by atoms with Crippen molar-refractivity contribution >= 4 is 27.8 Å². The lowest BCUT2D eigenvalue weighted by Crippen LogP contribution is -2.55. The summed E-state index contributed by atoms with van der Waals surface area (Å²) in [7, 11) is 0. The normalized spacial score (nSPS) is 23.4. The van der Waals surface area contributed by atoms with Crippen LogP contribution in [0.1, 0.15) is 68.2 Å². The second-order valence-corrected chi connectivity index (χ2v) is 19.3. The Morgan fingerprint density at radius 1 is 0.417 bits per heavy atom. The van der Waals surface area contributed by atoms with Crippen LogP contribution in [0.4, 0.5) is 17.1 Å². The minimum absolute atomic E-state index is 0.0847. The number of anilines is 3. The van der Waals surface area contributed by atoms with Gasteiger partial charge in [0, 0.05) is 27.8 Å². The average Bonchev–Trinajstić information content (AvgIpc) is 3.71. The highest BCUT2D eigenvalue weighted by Gasteiger charge is 2.61. The summed E-state index contributed by atoms with van der Waals surface area (Å²) in [5.74, 6) is 3.22. The van der Waals surface area contributed by atoms with Crippen molar-refractivity contribution in [1.82, 2.24) is 0 Å². The van der Waals surface area contributed by atoms with Gasteiger partial charge in [0.1, 0.15) is 0 Å². The zero-order valence-electron chi connectivity index (χ0n) is 34.5. The van der Waals surface area contributed by atoms with Crippen molar-refractivity contribution in [3.8, 4) is 44.5 Å². The predicted molar refractivity (Wildman–Crippen MR) is 250 cm³/mol. The molecule has 290 valence electrons. The Hall–Kier alpha value is -6.18. The lowest BCUT2D eigenvalue weighted by Gasteiger charge is -2.61. The molecule has 0 N–H and O–H groups in total. The van der Waals surface area contributed by atoms with Crippen molar-refractivity contribution in [2.45, 2.75) is 56.8 Å². The van der Waals surface area contributed by atoms with Crippen LogP contribution in [0.2, 0.25) is 0 Å². The van der Waals surface area contributed by atoms with Crippen LogP contribution in [0.5, 0.6) is 0 Å². The van der Waals surface area contributed by atoms with Gasteiger partial charge >= 0.3 is 0 Å². The van der Waals surface area contributed by atoms with Crippen molar-refractivity contribution in [2.75, 3.05) is 4.90 Å². The summed E-state index contributed by atoms with van der Waals surface area (Å²) in [6.45, 7) is 4.83. The highest BCUT2D eigenvalue weighted by atomic mass is 15.1. The first-order valence-corrected chi connectivity index (χ1v) is 22.4. The number of hydrogen-bond acceptors (Lipinski definition) is 1. The van der Waals surface area contributed by atoms with Crippen LogP contribution in [0.15, 0.2) is 176 Å². The van der Waals surface area contributed by atoms with Crippen molar-refractivity contribution in [2.24, 2.45) is 23.7 Å². The first-order valence-electron chi connectivity index (χ1n) is 22.4. The minimum Gasteiger partial charge on any atom is -0.310 e. The highest BCUT2D eigenvalue weighted by molar-refractivity contribution is 5.99. The molecule has 4 bridgehead atoms. The second-order valence-electron chi connectivity index (χ2n) is 19.3. The third-order valence-electron chi connectivity index (χ3n) is 16.0. The van der Waals surface area contributed by atoms with Gasteiger partial charge in [0.15, 0.2) is 0 Å². The Kier molecular flexibility index (Phi) is 7.32. The SMILES string of the molecule is CC1(C)c2ccccc2-c2cccc(-c3ccccc3N(c3cccc(-c4cccc5ccccc45)c3)c3ccc4c(c3)C3(c5ccccc5-4)C4CC5CC(C4)CC3C5)c21. The topological polar surface area (TPSA) is 3.24 Å². The van der Waals surface area contributed by atoms with Crippen molar-refractivity contribution in [1.29, 1.82) is 0 Å².